The third-order valence-corrected chi connectivity index (χ3v) is 5.56. The zero-order valence-corrected chi connectivity index (χ0v) is 18.1. The molecule has 0 radical (unpaired) electrons. The van der Waals surface area contributed by atoms with Gasteiger partial charge in [0.2, 0.25) is 0 Å². The smallest absolute Gasteiger partial charge is 0.341 e. The van der Waals surface area contributed by atoms with E-state index < -0.39 is 11.9 Å². The lowest BCUT2D eigenvalue weighted by molar-refractivity contribution is -0.119. The molecule has 0 aliphatic heterocycles. The van der Waals surface area contributed by atoms with Gasteiger partial charge in [0.25, 0.3) is 5.91 Å². The van der Waals surface area contributed by atoms with Gasteiger partial charge < -0.3 is 14.6 Å². The second kappa shape index (κ2) is 9.58. The van der Waals surface area contributed by atoms with Crippen molar-refractivity contribution in [3.8, 4) is 0 Å². The van der Waals surface area contributed by atoms with E-state index in [2.05, 4.69) is 15.5 Å². The van der Waals surface area contributed by atoms with Gasteiger partial charge >= 0.3 is 5.97 Å². The molecule has 0 atom stereocenters. The van der Waals surface area contributed by atoms with E-state index in [9.17, 15) is 9.59 Å². The molecule has 0 unspecified atom stereocenters. The molecule has 0 saturated heterocycles. The van der Waals surface area contributed by atoms with Gasteiger partial charge in [0.1, 0.15) is 10.8 Å². The molecule has 8 heteroatoms. The highest BCUT2D eigenvalue weighted by Gasteiger charge is 2.18. The van der Waals surface area contributed by atoms with Crippen LogP contribution < -0.4 is 5.32 Å². The minimum atomic E-state index is -0.597. The van der Waals surface area contributed by atoms with Crippen LogP contribution in [0.3, 0.4) is 0 Å². The van der Waals surface area contributed by atoms with E-state index >= 15 is 0 Å². The normalized spacial score (nSPS) is 10.7. The maximum atomic E-state index is 12.6. The van der Waals surface area contributed by atoms with Gasteiger partial charge in [-0.25, -0.2) is 9.78 Å². The average Bonchev–Trinajstić information content (AvgIpc) is 3.05. The van der Waals surface area contributed by atoms with Crippen molar-refractivity contribution in [1.29, 1.82) is 0 Å². The highest BCUT2D eigenvalue weighted by Crippen LogP contribution is 2.27. The van der Waals surface area contributed by atoms with Crippen LogP contribution in [0.15, 0.2) is 46.1 Å². The van der Waals surface area contributed by atoms with Gasteiger partial charge in [-0.05, 0) is 57.0 Å². The summed E-state index contributed by atoms with van der Waals surface area (Å²) in [5.74, 6) is 0.306. The Morgan fingerprint density at radius 2 is 1.97 bits per heavy atom. The summed E-state index contributed by atoms with van der Waals surface area (Å²) in [4.78, 5) is 29.1. The summed E-state index contributed by atoms with van der Waals surface area (Å²) in [5, 5.41) is 7.24. The first-order valence-corrected chi connectivity index (χ1v) is 10.4. The summed E-state index contributed by atoms with van der Waals surface area (Å²) < 4.78 is 10.4. The molecule has 0 aliphatic rings. The summed E-state index contributed by atoms with van der Waals surface area (Å²) >= 11 is 1.39. The first kappa shape index (κ1) is 21.6. The molecule has 1 amide bonds. The van der Waals surface area contributed by atoms with Crippen molar-refractivity contribution in [2.24, 2.45) is 0 Å². The highest BCUT2D eigenvalue weighted by atomic mass is 32.2. The predicted octanol–water partition coefficient (Wildman–Crippen LogP) is 4.39. The van der Waals surface area contributed by atoms with Crippen molar-refractivity contribution in [2.75, 3.05) is 11.9 Å². The maximum absolute atomic E-state index is 12.6. The Morgan fingerprint density at radius 3 is 2.70 bits per heavy atom. The largest absolute Gasteiger partial charge is 0.452 e. The fourth-order valence-electron chi connectivity index (χ4n) is 2.78. The number of esters is 1. The Labute approximate surface area is 179 Å². The number of hydrogen-bond donors (Lipinski definition) is 1. The second-order valence-electron chi connectivity index (χ2n) is 6.89. The molecule has 7 nitrogen and oxygen atoms in total. The lowest BCUT2D eigenvalue weighted by Gasteiger charge is -2.11. The quantitative estimate of drug-likeness (QED) is 0.443. The van der Waals surface area contributed by atoms with Gasteiger partial charge in [-0.2, -0.15) is 0 Å². The van der Waals surface area contributed by atoms with Crippen LogP contribution in [0.25, 0.3) is 0 Å². The number of pyridine rings is 1. The molecular weight excluding hydrogens is 402 g/mol. The lowest BCUT2D eigenvalue weighted by Crippen LogP contribution is -2.21. The fourth-order valence-corrected chi connectivity index (χ4v) is 3.91. The molecule has 3 aromatic rings. The van der Waals surface area contributed by atoms with Gasteiger partial charge in [-0.15, -0.1) is 11.8 Å². The number of benzene rings is 1. The van der Waals surface area contributed by atoms with Crippen LogP contribution in [-0.4, -0.2) is 28.6 Å². The third-order valence-electron chi connectivity index (χ3n) is 4.53. The van der Waals surface area contributed by atoms with Crippen molar-refractivity contribution in [2.45, 2.75) is 38.5 Å². The van der Waals surface area contributed by atoms with Crippen molar-refractivity contribution >= 4 is 29.3 Å². The van der Waals surface area contributed by atoms with Crippen molar-refractivity contribution in [3.05, 3.63) is 70.2 Å². The number of carbonyl (C=O) groups is 2. The SMILES string of the molecule is Cc1ccc(C)c(NC(=O)COC(=O)c2cccnc2SCc2c(C)noc2C)c1. The van der Waals surface area contributed by atoms with E-state index in [0.29, 0.717) is 22.0 Å². The maximum Gasteiger partial charge on any atom is 0.341 e. The lowest BCUT2D eigenvalue weighted by atomic mass is 10.1. The third kappa shape index (κ3) is 5.27. The van der Waals surface area contributed by atoms with Crippen LogP contribution in [0.5, 0.6) is 0 Å². The van der Waals surface area contributed by atoms with Crippen LogP contribution >= 0.6 is 11.8 Å². The van der Waals surface area contributed by atoms with Crippen LogP contribution in [0, 0.1) is 27.7 Å². The molecule has 0 spiro atoms. The first-order chi connectivity index (χ1) is 14.3. The Bertz CT molecular complexity index is 1060. The molecular formula is C22H23N3O4S. The van der Waals surface area contributed by atoms with Crippen molar-refractivity contribution in [1.82, 2.24) is 10.1 Å². The van der Waals surface area contributed by atoms with Crippen LogP contribution in [-0.2, 0) is 15.3 Å². The molecule has 156 valence electrons. The topological polar surface area (TPSA) is 94.3 Å². The summed E-state index contributed by atoms with van der Waals surface area (Å²) in [6.45, 7) is 7.18. The van der Waals surface area contributed by atoms with Crippen LogP contribution in [0.1, 0.15) is 38.5 Å². The van der Waals surface area contributed by atoms with E-state index in [0.717, 1.165) is 28.1 Å². The minimum Gasteiger partial charge on any atom is -0.452 e. The van der Waals surface area contributed by atoms with Gasteiger partial charge in [-0.3, -0.25) is 4.79 Å². The molecule has 3 rings (SSSR count). The number of ether oxygens (including phenoxy) is 1. The number of carbonyl (C=O) groups excluding carboxylic acids is 2. The summed E-state index contributed by atoms with van der Waals surface area (Å²) in [6.07, 6.45) is 1.61. The molecule has 0 saturated carbocycles. The van der Waals surface area contributed by atoms with Gasteiger partial charge in [-0.1, -0.05) is 17.3 Å². The number of aryl methyl sites for hydroxylation is 4. The van der Waals surface area contributed by atoms with Crippen molar-refractivity contribution < 1.29 is 18.8 Å². The monoisotopic (exact) mass is 425 g/mol. The van der Waals surface area contributed by atoms with Gasteiger partial charge in [0.15, 0.2) is 6.61 Å². The fraction of sp³-hybridized carbons (Fsp3) is 0.273. The van der Waals surface area contributed by atoms with E-state index in [1.54, 1.807) is 18.3 Å². The predicted molar refractivity (Wildman–Crippen MR) is 115 cm³/mol. The number of anilines is 1. The highest BCUT2D eigenvalue weighted by molar-refractivity contribution is 7.98. The van der Waals surface area contributed by atoms with E-state index in [1.165, 1.54) is 11.8 Å². The first-order valence-electron chi connectivity index (χ1n) is 9.39. The average molecular weight is 426 g/mol. The Balaban J connectivity index is 1.61. The van der Waals surface area contributed by atoms with E-state index in [1.807, 2.05) is 45.9 Å². The van der Waals surface area contributed by atoms with Crippen LogP contribution in [0.4, 0.5) is 5.69 Å². The molecule has 0 bridgehead atoms. The number of amides is 1. The van der Waals surface area contributed by atoms with E-state index in [4.69, 9.17) is 9.26 Å². The zero-order chi connectivity index (χ0) is 21.7. The molecule has 0 fully saturated rings. The van der Waals surface area contributed by atoms with Crippen molar-refractivity contribution in [3.63, 3.8) is 0 Å². The summed E-state index contributed by atoms with van der Waals surface area (Å²) in [5.41, 5.74) is 4.76. The molecule has 1 N–H and O–H groups in total. The molecule has 0 aliphatic carbocycles. The summed E-state index contributed by atoms with van der Waals surface area (Å²) in [7, 11) is 0. The Hall–Kier alpha value is -3.13. The number of thioether (sulfide) groups is 1. The van der Waals surface area contributed by atoms with Crippen LogP contribution in [0.2, 0.25) is 0 Å². The van der Waals surface area contributed by atoms with Gasteiger partial charge in [0.05, 0.1) is 11.3 Å². The van der Waals surface area contributed by atoms with E-state index in [-0.39, 0.29) is 6.61 Å². The molecule has 30 heavy (non-hydrogen) atoms. The number of nitrogens with zero attached hydrogens (tertiary/aromatic N) is 2. The Morgan fingerprint density at radius 1 is 1.17 bits per heavy atom. The van der Waals surface area contributed by atoms with Gasteiger partial charge in [0, 0.05) is 23.2 Å². The molecule has 2 heterocycles. The number of hydrogen-bond acceptors (Lipinski definition) is 7. The zero-order valence-electron chi connectivity index (χ0n) is 17.3. The summed E-state index contributed by atoms with van der Waals surface area (Å²) in [6, 6.07) is 9.06. The number of aromatic nitrogens is 2. The Kier molecular flexibility index (Phi) is 6.89. The minimum absolute atomic E-state index is 0.314. The number of rotatable bonds is 7. The number of nitrogens with one attached hydrogen (secondary N) is 1. The standard InChI is InChI=1S/C22H23N3O4S/c1-13-7-8-14(2)19(10-13)24-20(26)11-28-22(27)17-6-5-9-23-21(17)30-12-18-15(3)25-29-16(18)4/h5-10H,11-12H2,1-4H3,(H,24,26). The molecule has 2 aromatic heterocycles. The molecule has 1 aromatic carbocycles. The second-order valence-corrected chi connectivity index (χ2v) is 7.85.